The van der Waals surface area contributed by atoms with Crippen molar-refractivity contribution in [3.05, 3.63) is 23.8 Å². The van der Waals surface area contributed by atoms with E-state index in [1.165, 1.54) is 6.26 Å². The lowest BCUT2D eigenvalue weighted by Crippen LogP contribution is -2.14. The monoisotopic (exact) mass is 286 g/mol. The molecule has 1 rings (SSSR count). The van der Waals surface area contributed by atoms with Gasteiger partial charge in [-0.15, -0.1) is 0 Å². The smallest absolute Gasteiger partial charge is 0.150 e. The molecule has 0 bridgehead atoms. The average Bonchev–Trinajstić information content (AvgIpc) is 2.25. The first-order valence-electron chi connectivity index (χ1n) is 6.12. The summed E-state index contributed by atoms with van der Waals surface area (Å²) in [5.74, 6) is 1.38. The number of hydrogen-bond acceptors (Lipinski definition) is 4. The fourth-order valence-electron chi connectivity index (χ4n) is 1.69. The van der Waals surface area contributed by atoms with Crippen LogP contribution in [0.1, 0.15) is 26.3 Å². The van der Waals surface area contributed by atoms with E-state index in [4.69, 9.17) is 9.47 Å². The van der Waals surface area contributed by atoms with Crippen molar-refractivity contribution in [3.8, 4) is 11.5 Å². The lowest BCUT2D eigenvalue weighted by molar-refractivity contribution is 0.335. The zero-order valence-electron chi connectivity index (χ0n) is 12.2. The number of benzene rings is 1. The molecule has 0 spiro atoms. The third-order valence-electron chi connectivity index (χ3n) is 2.70. The number of ether oxygens (including phenoxy) is 2. The molecule has 0 aliphatic carbocycles. The molecule has 0 saturated heterocycles. The zero-order chi connectivity index (χ0) is 14.7. The Labute approximate surface area is 115 Å². The summed E-state index contributed by atoms with van der Waals surface area (Å²) in [5, 5.41) is 0. The van der Waals surface area contributed by atoms with Crippen molar-refractivity contribution in [2.75, 3.05) is 25.7 Å². The van der Waals surface area contributed by atoms with Gasteiger partial charge in [0.25, 0.3) is 0 Å². The Morgan fingerprint density at radius 1 is 1.21 bits per heavy atom. The zero-order valence-corrected chi connectivity index (χ0v) is 13.0. The maximum Gasteiger partial charge on any atom is 0.150 e. The van der Waals surface area contributed by atoms with Crippen LogP contribution in [-0.4, -0.2) is 34.1 Å². The van der Waals surface area contributed by atoms with Crippen LogP contribution in [0.4, 0.5) is 0 Å². The van der Waals surface area contributed by atoms with Crippen LogP contribution >= 0.6 is 0 Å². The molecule has 0 aliphatic rings. The Bertz CT molecular complexity index is 527. The summed E-state index contributed by atoms with van der Waals surface area (Å²) >= 11 is 0. The van der Waals surface area contributed by atoms with E-state index in [1.54, 1.807) is 13.2 Å². The van der Waals surface area contributed by atoms with Gasteiger partial charge in [0, 0.05) is 12.3 Å². The summed E-state index contributed by atoms with van der Waals surface area (Å²) in [6.45, 7) is 6.47. The van der Waals surface area contributed by atoms with E-state index in [-0.39, 0.29) is 17.8 Å². The first kappa shape index (κ1) is 15.8. The molecule has 0 heterocycles. The van der Waals surface area contributed by atoms with Crippen LogP contribution in [-0.2, 0) is 15.3 Å². The van der Waals surface area contributed by atoms with Crippen molar-refractivity contribution in [1.82, 2.24) is 0 Å². The minimum absolute atomic E-state index is 0.0103. The summed E-state index contributed by atoms with van der Waals surface area (Å²) in [5.41, 5.74) is 1.07. The molecule has 0 amide bonds. The molecule has 0 saturated carbocycles. The van der Waals surface area contributed by atoms with Gasteiger partial charge in [-0.25, -0.2) is 8.42 Å². The molecule has 0 atom stereocenters. The standard InChI is InChI=1S/C14H22O4S/c1-14(2,3)12-7-6-11(10-13(12)17-4)18-8-9-19(5,15)16/h6-7,10H,8-9H2,1-5H3. The van der Waals surface area contributed by atoms with Gasteiger partial charge in [-0.2, -0.15) is 0 Å². The van der Waals surface area contributed by atoms with E-state index in [0.29, 0.717) is 5.75 Å². The van der Waals surface area contributed by atoms with Crippen molar-refractivity contribution in [1.29, 1.82) is 0 Å². The topological polar surface area (TPSA) is 52.6 Å². The van der Waals surface area contributed by atoms with Crippen LogP contribution < -0.4 is 9.47 Å². The SMILES string of the molecule is COc1cc(OCCS(C)(=O)=O)ccc1C(C)(C)C. The normalized spacial score (nSPS) is 12.3. The Morgan fingerprint density at radius 3 is 2.32 bits per heavy atom. The summed E-state index contributed by atoms with van der Waals surface area (Å²) < 4.78 is 32.8. The van der Waals surface area contributed by atoms with Gasteiger partial charge in [-0.05, 0) is 17.0 Å². The molecule has 1 aromatic rings. The van der Waals surface area contributed by atoms with E-state index < -0.39 is 9.84 Å². The molecule has 0 unspecified atom stereocenters. The molecule has 0 radical (unpaired) electrons. The average molecular weight is 286 g/mol. The molecule has 0 aliphatic heterocycles. The summed E-state index contributed by atoms with van der Waals surface area (Å²) in [6, 6.07) is 5.59. The number of methoxy groups -OCH3 is 1. The Hall–Kier alpha value is -1.23. The van der Waals surface area contributed by atoms with Gasteiger partial charge in [0.15, 0.2) is 9.84 Å². The van der Waals surface area contributed by atoms with Crippen molar-refractivity contribution in [2.24, 2.45) is 0 Å². The highest BCUT2D eigenvalue weighted by Gasteiger charge is 2.19. The molecule has 108 valence electrons. The van der Waals surface area contributed by atoms with Gasteiger partial charge in [-0.1, -0.05) is 26.8 Å². The summed E-state index contributed by atoms with van der Waals surface area (Å²) in [4.78, 5) is 0. The van der Waals surface area contributed by atoms with Crippen molar-refractivity contribution in [2.45, 2.75) is 26.2 Å². The van der Waals surface area contributed by atoms with E-state index >= 15 is 0 Å². The molecular formula is C14H22O4S. The van der Waals surface area contributed by atoms with Crippen LogP contribution in [0.5, 0.6) is 11.5 Å². The maximum absolute atomic E-state index is 11.0. The quantitative estimate of drug-likeness (QED) is 0.834. The first-order chi connectivity index (χ1) is 8.63. The molecule has 0 aromatic heterocycles. The van der Waals surface area contributed by atoms with E-state index in [2.05, 4.69) is 20.8 Å². The van der Waals surface area contributed by atoms with Crippen LogP contribution in [0.25, 0.3) is 0 Å². The predicted molar refractivity (Wildman–Crippen MR) is 76.9 cm³/mol. The van der Waals surface area contributed by atoms with Crippen LogP contribution in [0, 0.1) is 0 Å². The molecule has 0 fully saturated rings. The minimum atomic E-state index is -3.00. The molecule has 5 heteroatoms. The van der Waals surface area contributed by atoms with Gasteiger partial charge in [-0.3, -0.25) is 0 Å². The van der Waals surface area contributed by atoms with Crippen molar-refractivity contribution >= 4 is 9.84 Å². The molecular weight excluding hydrogens is 264 g/mol. The second-order valence-electron chi connectivity index (χ2n) is 5.59. The molecule has 1 aromatic carbocycles. The maximum atomic E-state index is 11.0. The fraction of sp³-hybridized carbons (Fsp3) is 0.571. The third-order valence-corrected chi connectivity index (χ3v) is 3.61. The first-order valence-corrected chi connectivity index (χ1v) is 8.18. The molecule has 19 heavy (non-hydrogen) atoms. The Balaban J connectivity index is 2.83. The fourth-order valence-corrected chi connectivity index (χ4v) is 2.08. The second-order valence-corrected chi connectivity index (χ2v) is 7.85. The van der Waals surface area contributed by atoms with Crippen LogP contribution in [0.2, 0.25) is 0 Å². The largest absolute Gasteiger partial charge is 0.496 e. The van der Waals surface area contributed by atoms with Gasteiger partial charge >= 0.3 is 0 Å². The lowest BCUT2D eigenvalue weighted by Gasteiger charge is -2.22. The Kier molecular flexibility index (Phi) is 4.85. The van der Waals surface area contributed by atoms with Crippen LogP contribution in [0.15, 0.2) is 18.2 Å². The minimum Gasteiger partial charge on any atom is -0.496 e. The van der Waals surface area contributed by atoms with Crippen molar-refractivity contribution < 1.29 is 17.9 Å². The number of rotatable bonds is 5. The van der Waals surface area contributed by atoms with Gasteiger partial charge in [0.1, 0.15) is 18.1 Å². The predicted octanol–water partition coefficient (Wildman–Crippen LogP) is 2.42. The Morgan fingerprint density at radius 2 is 1.84 bits per heavy atom. The van der Waals surface area contributed by atoms with Gasteiger partial charge in [0.05, 0.1) is 12.9 Å². The summed E-state index contributed by atoms with van der Waals surface area (Å²) in [7, 11) is -1.38. The lowest BCUT2D eigenvalue weighted by atomic mass is 9.86. The van der Waals surface area contributed by atoms with Crippen molar-refractivity contribution in [3.63, 3.8) is 0 Å². The van der Waals surface area contributed by atoms with Gasteiger partial charge in [0.2, 0.25) is 0 Å². The van der Waals surface area contributed by atoms with Crippen LogP contribution in [0.3, 0.4) is 0 Å². The third kappa shape index (κ3) is 5.11. The highest BCUT2D eigenvalue weighted by atomic mass is 32.2. The summed E-state index contributed by atoms with van der Waals surface area (Å²) in [6.07, 6.45) is 1.19. The van der Waals surface area contributed by atoms with E-state index in [0.717, 1.165) is 11.3 Å². The van der Waals surface area contributed by atoms with E-state index in [1.807, 2.05) is 12.1 Å². The van der Waals surface area contributed by atoms with Gasteiger partial charge < -0.3 is 9.47 Å². The number of sulfone groups is 1. The second kappa shape index (κ2) is 5.82. The molecule has 0 N–H and O–H groups in total. The molecule has 4 nitrogen and oxygen atoms in total. The highest BCUT2D eigenvalue weighted by molar-refractivity contribution is 7.90. The highest BCUT2D eigenvalue weighted by Crippen LogP contribution is 2.33. The number of hydrogen-bond donors (Lipinski definition) is 0. The van der Waals surface area contributed by atoms with E-state index in [9.17, 15) is 8.42 Å².